The molecule has 1 fully saturated rings. The number of carbonyl (C=O) groups is 3. The summed E-state index contributed by atoms with van der Waals surface area (Å²) in [5.41, 5.74) is 0.477. The molecule has 3 amide bonds. The Bertz CT molecular complexity index is 768. The van der Waals surface area contributed by atoms with E-state index < -0.39 is 6.04 Å². The Labute approximate surface area is 192 Å². The molecule has 1 saturated heterocycles. The summed E-state index contributed by atoms with van der Waals surface area (Å²) >= 11 is 0. The highest BCUT2D eigenvalue weighted by Gasteiger charge is 2.34. The minimum absolute atomic E-state index is 0.00408. The van der Waals surface area contributed by atoms with Gasteiger partial charge >= 0.3 is 0 Å². The molecule has 1 heterocycles. The third-order valence-electron chi connectivity index (χ3n) is 6.24. The van der Waals surface area contributed by atoms with Gasteiger partial charge in [-0.25, -0.2) is 0 Å². The molecule has 7 nitrogen and oxygen atoms in total. The van der Waals surface area contributed by atoms with E-state index in [-0.39, 0.29) is 35.6 Å². The lowest BCUT2D eigenvalue weighted by molar-refractivity contribution is -0.133. The summed E-state index contributed by atoms with van der Waals surface area (Å²) in [6.45, 7) is 11.4. The molecule has 0 aromatic heterocycles. The van der Waals surface area contributed by atoms with Gasteiger partial charge in [0, 0.05) is 31.1 Å². The minimum Gasteiger partial charge on any atom is -0.497 e. The van der Waals surface area contributed by atoms with Gasteiger partial charge < -0.3 is 20.3 Å². The molecule has 32 heavy (non-hydrogen) atoms. The van der Waals surface area contributed by atoms with Gasteiger partial charge in [0.15, 0.2) is 0 Å². The molecule has 0 saturated carbocycles. The summed E-state index contributed by atoms with van der Waals surface area (Å²) in [6.07, 6.45) is 1.90. The highest BCUT2D eigenvalue weighted by Crippen LogP contribution is 2.23. The molecule has 1 aromatic carbocycles. The number of benzene rings is 1. The van der Waals surface area contributed by atoms with E-state index in [0.717, 1.165) is 0 Å². The molecule has 0 bridgehead atoms. The van der Waals surface area contributed by atoms with Crippen molar-refractivity contribution in [1.29, 1.82) is 0 Å². The van der Waals surface area contributed by atoms with Gasteiger partial charge in [-0.15, -0.1) is 0 Å². The largest absolute Gasteiger partial charge is 0.497 e. The van der Waals surface area contributed by atoms with Crippen LogP contribution < -0.4 is 15.4 Å². The molecular formula is C25H39N3O4. The van der Waals surface area contributed by atoms with Gasteiger partial charge in [0.1, 0.15) is 11.8 Å². The van der Waals surface area contributed by atoms with Gasteiger partial charge in [0.05, 0.1) is 7.11 Å². The second kappa shape index (κ2) is 11.9. The van der Waals surface area contributed by atoms with Crippen LogP contribution in [0, 0.1) is 17.8 Å². The van der Waals surface area contributed by atoms with Crippen LogP contribution in [0.2, 0.25) is 0 Å². The fourth-order valence-electron chi connectivity index (χ4n) is 3.81. The maximum Gasteiger partial charge on any atom is 0.251 e. The van der Waals surface area contributed by atoms with Crippen LogP contribution in [0.1, 0.15) is 64.2 Å². The zero-order valence-electron chi connectivity index (χ0n) is 20.3. The molecule has 178 valence electrons. The average Bonchev–Trinajstić information content (AvgIpc) is 2.76. The Morgan fingerprint density at radius 3 is 2.09 bits per heavy atom. The van der Waals surface area contributed by atoms with Crippen molar-refractivity contribution in [3.63, 3.8) is 0 Å². The molecule has 2 atom stereocenters. The van der Waals surface area contributed by atoms with Gasteiger partial charge in [0.2, 0.25) is 11.8 Å². The molecule has 0 spiro atoms. The van der Waals surface area contributed by atoms with Crippen LogP contribution in [0.15, 0.2) is 24.3 Å². The summed E-state index contributed by atoms with van der Waals surface area (Å²) < 4.78 is 5.15. The maximum absolute atomic E-state index is 13.2. The van der Waals surface area contributed by atoms with Crippen molar-refractivity contribution in [2.24, 2.45) is 17.8 Å². The number of likely N-dealkylation sites (tertiary alicyclic amines) is 1. The third kappa shape index (κ3) is 7.24. The van der Waals surface area contributed by atoms with E-state index in [2.05, 4.69) is 24.5 Å². The molecule has 1 aliphatic rings. The Hall–Kier alpha value is -2.57. The molecule has 2 N–H and O–H groups in total. The lowest BCUT2D eigenvalue weighted by atomic mass is 9.87. The molecule has 0 radical (unpaired) electrons. The number of nitrogens with one attached hydrogen (secondary N) is 2. The van der Waals surface area contributed by atoms with Crippen molar-refractivity contribution in [3.05, 3.63) is 29.8 Å². The smallest absolute Gasteiger partial charge is 0.251 e. The Kier molecular flexibility index (Phi) is 9.54. The molecular weight excluding hydrogens is 406 g/mol. The first kappa shape index (κ1) is 25.7. The fraction of sp³-hybridized carbons (Fsp3) is 0.640. The number of nitrogens with zero attached hydrogens (tertiary/aromatic N) is 1. The predicted molar refractivity (Wildman–Crippen MR) is 125 cm³/mol. The molecule has 1 aliphatic heterocycles. The quantitative estimate of drug-likeness (QED) is 0.611. The van der Waals surface area contributed by atoms with E-state index >= 15 is 0 Å². The third-order valence-corrected chi connectivity index (χ3v) is 6.24. The summed E-state index contributed by atoms with van der Waals surface area (Å²) in [7, 11) is 1.57. The van der Waals surface area contributed by atoms with E-state index in [0.29, 0.717) is 49.6 Å². The van der Waals surface area contributed by atoms with Crippen molar-refractivity contribution < 1.29 is 19.1 Å². The minimum atomic E-state index is -0.645. The number of carbonyl (C=O) groups excluding carboxylic acids is 3. The van der Waals surface area contributed by atoms with Crippen LogP contribution >= 0.6 is 0 Å². The zero-order valence-corrected chi connectivity index (χ0v) is 20.3. The summed E-state index contributed by atoms with van der Waals surface area (Å²) in [4.78, 5) is 40.4. The van der Waals surface area contributed by atoms with E-state index in [1.807, 2.05) is 25.7 Å². The van der Waals surface area contributed by atoms with Crippen molar-refractivity contribution in [3.8, 4) is 5.75 Å². The van der Waals surface area contributed by atoms with Crippen LogP contribution in [-0.4, -0.2) is 54.9 Å². The predicted octanol–water partition coefficient (Wildman–Crippen LogP) is 3.24. The maximum atomic E-state index is 13.2. The van der Waals surface area contributed by atoms with E-state index in [1.165, 1.54) is 0 Å². The van der Waals surface area contributed by atoms with Gasteiger partial charge in [-0.1, -0.05) is 27.7 Å². The van der Waals surface area contributed by atoms with E-state index in [4.69, 9.17) is 4.74 Å². The zero-order chi connectivity index (χ0) is 23.8. The van der Waals surface area contributed by atoms with Crippen LogP contribution in [0.4, 0.5) is 0 Å². The highest BCUT2D eigenvalue weighted by molar-refractivity contribution is 5.97. The Morgan fingerprint density at radius 1 is 1.00 bits per heavy atom. The van der Waals surface area contributed by atoms with E-state index in [1.54, 1.807) is 31.4 Å². The van der Waals surface area contributed by atoms with Gasteiger partial charge in [0.25, 0.3) is 5.91 Å². The standard InChI is InChI=1S/C25H39N3O4/c1-16(2)15-22(29)28-13-11-19(12-14-28)23(25(31)26-18(5)17(3)4)27-24(30)20-7-9-21(32-6)10-8-20/h7-10,16-19,23H,11-15H2,1-6H3,(H,26,31)(H,27,30). The van der Waals surface area contributed by atoms with Crippen LogP contribution in [0.5, 0.6) is 5.75 Å². The van der Waals surface area contributed by atoms with E-state index in [9.17, 15) is 14.4 Å². The number of hydrogen-bond acceptors (Lipinski definition) is 4. The SMILES string of the molecule is COc1ccc(C(=O)NC(C(=O)NC(C)C(C)C)C2CCN(C(=O)CC(C)C)CC2)cc1. The number of hydrogen-bond donors (Lipinski definition) is 2. The second-order valence-corrected chi connectivity index (χ2v) is 9.54. The first-order valence-electron chi connectivity index (χ1n) is 11.6. The normalized spacial score (nSPS) is 16.6. The summed E-state index contributed by atoms with van der Waals surface area (Å²) in [6, 6.07) is 6.18. The number of piperidine rings is 1. The topological polar surface area (TPSA) is 87.7 Å². The van der Waals surface area contributed by atoms with Crippen molar-refractivity contribution >= 4 is 17.7 Å². The average molecular weight is 446 g/mol. The second-order valence-electron chi connectivity index (χ2n) is 9.54. The molecule has 7 heteroatoms. The monoisotopic (exact) mass is 445 g/mol. The molecule has 0 aliphatic carbocycles. The molecule has 1 aromatic rings. The van der Waals surface area contributed by atoms with Crippen LogP contribution in [0.25, 0.3) is 0 Å². The van der Waals surface area contributed by atoms with Crippen LogP contribution in [0.3, 0.4) is 0 Å². The number of rotatable bonds is 9. The van der Waals surface area contributed by atoms with Crippen molar-refractivity contribution in [1.82, 2.24) is 15.5 Å². The Balaban J connectivity index is 2.11. The van der Waals surface area contributed by atoms with Crippen LogP contribution in [-0.2, 0) is 9.59 Å². The first-order chi connectivity index (χ1) is 15.1. The lowest BCUT2D eigenvalue weighted by Crippen LogP contribution is -2.55. The molecule has 2 rings (SSSR count). The molecule has 2 unspecified atom stereocenters. The number of methoxy groups -OCH3 is 1. The summed E-state index contributed by atoms with van der Waals surface area (Å²) in [5.74, 6) is 0.950. The number of ether oxygens (including phenoxy) is 1. The van der Waals surface area contributed by atoms with Gasteiger partial charge in [-0.2, -0.15) is 0 Å². The lowest BCUT2D eigenvalue weighted by Gasteiger charge is -2.36. The van der Waals surface area contributed by atoms with Gasteiger partial charge in [-0.3, -0.25) is 14.4 Å². The number of amides is 3. The summed E-state index contributed by atoms with van der Waals surface area (Å²) in [5, 5.41) is 6.02. The first-order valence-corrected chi connectivity index (χ1v) is 11.6. The van der Waals surface area contributed by atoms with Crippen molar-refractivity contribution in [2.75, 3.05) is 20.2 Å². The van der Waals surface area contributed by atoms with Gasteiger partial charge in [-0.05, 0) is 61.8 Å². The Morgan fingerprint density at radius 2 is 1.59 bits per heavy atom. The van der Waals surface area contributed by atoms with Crippen molar-refractivity contribution in [2.45, 2.75) is 66.0 Å². The highest BCUT2D eigenvalue weighted by atomic mass is 16.5. The fourth-order valence-corrected chi connectivity index (χ4v) is 3.81.